The van der Waals surface area contributed by atoms with Crippen LogP contribution in [-0.2, 0) is 18.6 Å². The SMILES string of the molecule is COC(=O)CO[PH](=O)O. The molecule has 0 amide bonds. The highest BCUT2D eigenvalue weighted by atomic mass is 31.1. The second-order valence-corrected chi connectivity index (χ2v) is 1.95. The van der Waals surface area contributed by atoms with Gasteiger partial charge in [-0.2, -0.15) is 0 Å². The summed E-state index contributed by atoms with van der Waals surface area (Å²) in [4.78, 5) is 18.1. The normalized spacial score (nSPS) is 12.7. The quantitative estimate of drug-likeness (QED) is 0.440. The Kier molecular flexibility index (Phi) is 4.30. The molecule has 0 aromatic heterocycles. The molecule has 9 heavy (non-hydrogen) atoms. The summed E-state index contributed by atoms with van der Waals surface area (Å²) in [5.74, 6) is -0.664. The molecule has 1 N–H and O–H groups in total. The van der Waals surface area contributed by atoms with E-state index in [0.717, 1.165) is 0 Å². The number of carbonyl (C=O) groups is 1. The first kappa shape index (κ1) is 8.62. The van der Waals surface area contributed by atoms with E-state index in [-0.39, 0.29) is 0 Å². The Hall–Kier alpha value is -0.380. The molecule has 0 fully saturated rings. The molecule has 54 valence electrons. The fourth-order valence-electron chi connectivity index (χ4n) is 0.180. The molecular formula is C3H7O5P. The maximum atomic E-state index is 10.1. The first-order valence-corrected chi connectivity index (χ1v) is 3.35. The van der Waals surface area contributed by atoms with Crippen molar-refractivity contribution in [3.05, 3.63) is 0 Å². The number of esters is 1. The second kappa shape index (κ2) is 4.49. The first-order valence-electron chi connectivity index (χ1n) is 2.09. The van der Waals surface area contributed by atoms with E-state index in [9.17, 15) is 9.36 Å². The van der Waals surface area contributed by atoms with Gasteiger partial charge in [0.25, 0.3) is 0 Å². The van der Waals surface area contributed by atoms with Crippen molar-refractivity contribution in [2.24, 2.45) is 0 Å². The Morgan fingerprint density at radius 1 is 1.78 bits per heavy atom. The molecule has 0 radical (unpaired) electrons. The van der Waals surface area contributed by atoms with Crippen molar-refractivity contribution in [3.63, 3.8) is 0 Å². The number of hydrogen-bond acceptors (Lipinski definition) is 4. The Morgan fingerprint density at radius 2 is 2.33 bits per heavy atom. The van der Waals surface area contributed by atoms with E-state index in [1.807, 2.05) is 0 Å². The van der Waals surface area contributed by atoms with Gasteiger partial charge < -0.3 is 9.63 Å². The topological polar surface area (TPSA) is 72.8 Å². The minimum Gasteiger partial charge on any atom is -0.467 e. The van der Waals surface area contributed by atoms with E-state index in [1.54, 1.807) is 0 Å². The Labute approximate surface area is 52.5 Å². The summed E-state index contributed by atoms with van der Waals surface area (Å²) in [5, 5.41) is 0. The highest BCUT2D eigenvalue weighted by Gasteiger charge is 2.00. The van der Waals surface area contributed by atoms with Crippen LogP contribution in [0.25, 0.3) is 0 Å². The molecule has 0 heterocycles. The molecule has 0 aliphatic heterocycles. The van der Waals surface area contributed by atoms with Gasteiger partial charge in [0.1, 0.15) is 0 Å². The van der Waals surface area contributed by atoms with Gasteiger partial charge in [0, 0.05) is 0 Å². The molecule has 6 heteroatoms. The number of rotatable bonds is 3. The van der Waals surface area contributed by atoms with Gasteiger partial charge in [0.05, 0.1) is 7.11 Å². The molecule has 0 aromatic rings. The monoisotopic (exact) mass is 154 g/mol. The van der Waals surface area contributed by atoms with Crippen LogP contribution < -0.4 is 0 Å². The average molecular weight is 154 g/mol. The zero-order valence-corrected chi connectivity index (χ0v) is 5.79. The Balaban J connectivity index is 3.28. The largest absolute Gasteiger partial charge is 0.467 e. The van der Waals surface area contributed by atoms with Crippen molar-refractivity contribution in [1.29, 1.82) is 0 Å². The van der Waals surface area contributed by atoms with Gasteiger partial charge in [0.2, 0.25) is 0 Å². The molecule has 0 saturated carbocycles. The van der Waals surface area contributed by atoms with Crippen molar-refractivity contribution in [3.8, 4) is 0 Å². The third-order valence-electron chi connectivity index (χ3n) is 0.541. The van der Waals surface area contributed by atoms with Gasteiger partial charge in [-0.1, -0.05) is 0 Å². The predicted molar refractivity (Wildman–Crippen MR) is 29.2 cm³/mol. The highest BCUT2D eigenvalue weighted by molar-refractivity contribution is 7.32. The Bertz CT molecular complexity index is 121. The van der Waals surface area contributed by atoms with E-state index >= 15 is 0 Å². The second-order valence-electron chi connectivity index (χ2n) is 1.13. The lowest BCUT2D eigenvalue weighted by Gasteiger charge is -1.95. The van der Waals surface area contributed by atoms with Crippen molar-refractivity contribution in [2.45, 2.75) is 0 Å². The lowest BCUT2D eigenvalue weighted by atomic mass is 10.8. The summed E-state index contributed by atoms with van der Waals surface area (Å²) in [7, 11) is -1.82. The number of hydrogen-bond donors (Lipinski definition) is 1. The molecule has 0 aliphatic carbocycles. The molecule has 0 aromatic carbocycles. The number of carbonyl (C=O) groups excluding carboxylic acids is 1. The van der Waals surface area contributed by atoms with E-state index in [4.69, 9.17) is 4.89 Å². The van der Waals surface area contributed by atoms with Gasteiger partial charge in [-0.05, 0) is 0 Å². The predicted octanol–water partition coefficient (Wildman–Crippen LogP) is -0.442. The summed E-state index contributed by atoms with van der Waals surface area (Å²) < 4.78 is 17.9. The fraction of sp³-hybridized carbons (Fsp3) is 0.667. The van der Waals surface area contributed by atoms with E-state index in [0.29, 0.717) is 0 Å². The number of methoxy groups -OCH3 is 1. The van der Waals surface area contributed by atoms with Crippen molar-refractivity contribution < 1.29 is 23.5 Å². The maximum absolute atomic E-state index is 10.1. The minimum absolute atomic E-state index is 0.467. The van der Waals surface area contributed by atoms with E-state index < -0.39 is 20.8 Å². The molecular weight excluding hydrogens is 147 g/mol. The lowest BCUT2D eigenvalue weighted by molar-refractivity contribution is -0.143. The van der Waals surface area contributed by atoms with Crippen LogP contribution in [0.1, 0.15) is 0 Å². The van der Waals surface area contributed by atoms with Gasteiger partial charge in [-0.15, -0.1) is 0 Å². The molecule has 1 atom stereocenters. The highest BCUT2D eigenvalue weighted by Crippen LogP contribution is 2.12. The van der Waals surface area contributed by atoms with Crippen LogP contribution in [-0.4, -0.2) is 24.6 Å². The Morgan fingerprint density at radius 3 is 2.67 bits per heavy atom. The molecule has 0 rings (SSSR count). The van der Waals surface area contributed by atoms with Gasteiger partial charge >= 0.3 is 14.2 Å². The minimum atomic E-state index is -2.99. The third-order valence-corrected chi connectivity index (χ3v) is 0.932. The van der Waals surface area contributed by atoms with E-state index in [1.165, 1.54) is 7.11 Å². The first-order chi connectivity index (χ1) is 4.16. The smallest absolute Gasteiger partial charge is 0.332 e. The molecule has 0 aliphatic rings. The summed E-state index contributed by atoms with van der Waals surface area (Å²) in [6.07, 6.45) is 0. The number of ether oxygens (including phenoxy) is 1. The molecule has 1 unspecified atom stereocenters. The standard InChI is InChI=1S/C3H7O5P/c1-7-3(4)2-8-9(5)6/h9H,2H2,1H3,(H,5,6). The van der Waals surface area contributed by atoms with Crippen LogP contribution in [0.15, 0.2) is 0 Å². The van der Waals surface area contributed by atoms with Crippen LogP contribution in [0.3, 0.4) is 0 Å². The third kappa shape index (κ3) is 5.49. The van der Waals surface area contributed by atoms with Crippen LogP contribution in [0, 0.1) is 0 Å². The summed E-state index contributed by atoms with van der Waals surface area (Å²) >= 11 is 0. The maximum Gasteiger partial charge on any atom is 0.332 e. The van der Waals surface area contributed by atoms with Crippen LogP contribution in [0.4, 0.5) is 0 Å². The summed E-state index contributed by atoms with van der Waals surface area (Å²) in [6.45, 7) is -0.467. The van der Waals surface area contributed by atoms with Crippen LogP contribution in [0.2, 0.25) is 0 Å². The van der Waals surface area contributed by atoms with Crippen LogP contribution in [0.5, 0.6) is 0 Å². The molecule has 0 spiro atoms. The molecule has 0 saturated heterocycles. The summed E-state index contributed by atoms with van der Waals surface area (Å²) in [5.41, 5.74) is 0. The van der Waals surface area contributed by atoms with Crippen molar-refractivity contribution in [1.82, 2.24) is 0 Å². The molecule has 0 bridgehead atoms. The van der Waals surface area contributed by atoms with E-state index in [2.05, 4.69) is 9.26 Å². The summed E-state index contributed by atoms with van der Waals surface area (Å²) in [6, 6.07) is 0. The fourth-order valence-corrected chi connectivity index (χ4v) is 0.421. The zero-order valence-electron chi connectivity index (χ0n) is 4.79. The van der Waals surface area contributed by atoms with Crippen LogP contribution >= 0.6 is 8.25 Å². The molecule has 5 nitrogen and oxygen atoms in total. The van der Waals surface area contributed by atoms with Gasteiger partial charge in [-0.3, -0.25) is 9.09 Å². The lowest BCUT2D eigenvalue weighted by Crippen LogP contribution is -2.06. The van der Waals surface area contributed by atoms with Crippen molar-refractivity contribution >= 4 is 14.2 Å². The van der Waals surface area contributed by atoms with Gasteiger partial charge in [-0.25, -0.2) is 4.79 Å². The van der Waals surface area contributed by atoms with Gasteiger partial charge in [0.15, 0.2) is 6.61 Å². The average Bonchev–Trinajstić information content (AvgIpc) is 1.83. The van der Waals surface area contributed by atoms with Crippen molar-refractivity contribution in [2.75, 3.05) is 13.7 Å². The zero-order chi connectivity index (χ0) is 7.28.